The van der Waals surface area contributed by atoms with E-state index in [1.807, 2.05) is 12.1 Å². The summed E-state index contributed by atoms with van der Waals surface area (Å²) in [6.45, 7) is 4.49. The van der Waals surface area contributed by atoms with Crippen molar-refractivity contribution in [1.82, 2.24) is 0 Å². The fourth-order valence-corrected chi connectivity index (χ4v) is 3.56. The molecule has 0 aliphatic carbocycles. The minimum Gasteiger partial charge on any atom is -0.460 e. The molecule has 1 heterocycles. The van der Waals surface area contributed by atoms with Crippen molar-refractivity contribution in [1.29, 1.82) is 0 Å². The summed E-state index contributed by atoms with van der Waals surface area (Å²) in [7, 11) is 0. The number of unbranched alkanes of at least 4 members (excludes halogenated alkanes) is 4. The van der Waals surface area contributed by atoms with Crippen LogP contribution < -0.4 is 10.7 Å². The Labute approximate surface area is 194 Å². The van der Waals surface area contributed by atoms with E-state index in [1.54, 1.807) is 30.3 Å². The van der Waals surface area contributed by atoms with E-state index in [4.69, 9.17) is 9.15 Å². The smallest absolute Gasteiger partial charge is 0.374 e. The second-order valence-electron chi connectivity index (χ2n) is 8.11. The Bertz CT molecular complexity index is 1150. The first-order valence-corrected chi connectivity index (χ1v) is 11.7. The van der Waals surface area contributed by atoms with Gasteiger partial charge in [0.25, 0.3) is 5.91 Å². The third-order valence-corrected chi connectivity index (χ3v) is 5.47. The highest BCUT2D eigenvalue weighted by molar-refractivity contribution is 6.08. The Morgan fingerprint density at radius 3 is 2.39 bits per heavy atom. The van der Waals surface area contributed by atoms with Crippen molar-refractivity contribution in [2.75, 3.05) is 11.9 Å². The standard InChI is InChI=1S/C27H31NO5/c1-3-5-7-10-19-13-15-20(16-14-19)26(30)28-22-12-9-11-21-23(29)18-24(33-25(21)22)27(31)32-17-8-6-4-2/h9,11-16,18H,3-8,10,17H2,1-2H3,(H,28,30). The van der Waals surface area contributed by atoms with Crippen LogP contribution in [0.2, 0.25) is 0 Å². The van der Waals surface area contributed by atoms with Crippen molar-refractivity contribution >= 4 is 28.5 Å². The number of hydrogen-bond donors (Lipinski definition) is 1. The molecule has 0 spiro atoms. The maximum absolute atomic E-state index is 12.8. The molecule has 1 amide bonds. The number of carbonyl (C=O) groups is 2. The Kier molecular flexibility index (Phi) is 8.81. The lowest BCUT2D eigenvalue weighted by Gasteiger charge is -2.10. The summed E-state index contributed by atoms with van der Waals surface area (Å²) >= 11 is 0. The van der Waals surface area contributed by atoms with Crippen LogP contribution in [0.15, 0.2) is 57.7 Å². The van der Waals surface area contributed by atoms with Crippen LogP contribution in [0.4, 0.5) is 5.69 Å². The molecule has 0 fully saturated rings. The number of benzene rings is 2. The van der Waals surface area contributed by atoms with Crippen LogP contribution in [0, 0.1) is 0 Å². The van der Waals surface area contributed by atoms with Gasteiger partial charge in [0.2, 0.25) is 5.76 Å². The number of aryl methyl sites for hydroxylation is 1. The normalized spacial score (nSPS) is 10.8. The topological polar surface area (TPSA) is 85.6 Å². The van der Waals surface area contributed by atoms with E-state index in [0.29, 0.717) is 11.3 Å². The van der Waals surface area contributed by atoms with Crippen LogP contribution in [-0.2, 0) is 11.2 Å². The molecule has 1 N–H and O–H groups in total. The second-order valence-corrected chi connectivity index (χ2v) is 8.11. The van der Waals surface area contributed by atoms with Gasteiger partial charge in [-0.2, -0.15) is 0 Å². The quantitative estimate of drug-likeness (QED) is 0.281. The van der Waals surface area contributed by atoms with Gasteiger partial charge in [0.15, 0.2) is 11.0 Å². The van der Waals surface area contributed by atoms with E-state index < -0.39 is 5.97 Å². The first-order chi connectivity index (χ1) is 16.0. The fraction of sp³-hybridized carbons (Fsp3) is 0.370. The molecule has 6 nitrogen and oxygen atoms in total. The SMILES string of the molecule is CCCCCOC(=O)c1cc(=O)c2cccc(NC(=O)c3ccc(CCCCC)cc3)c2o1. The predicted molar refractivity (Wildman–Crippen MR) is 130 cm³/mol. The lowest BCUT2D eigenvalue weighted by molar-refractivity contribution is 0.0462. The van der Waals surface area contributed by atoms with Gasteiger partial charge in [-0.1, -0.05) is 57.7 Å². The third-order valence-electron chi connectivity index (χ3n) is 5.47. The molecule has 0 saturated carbocycles. The predicted octanol–water partition coefficient (Wildman–Crippen LogP) is 6.13. The zero-order valence-electron chi connectivity index (χ0n) is 19.3. The average molecular weight is 450 g/mol. The third kappa shape index (κ3) is 6.54. The van der Waals surface area contributed by atoms with Gasteiger partial charge in [0.1, 0.15) is 0 Å². The summed E-state index contributed by atoms with van der Waals surface area (Å²) in [5.41, 5.74) is 1.79. The zero-order chi connectivity index (χ0) is 23.6. The van der Waals surface area contributed by atoms with Gasteiger partial charge < -0.3 is 14.5 Å². The molecule has 0 unspecified atom stereocenters. The first-order valence-electron chi connectivity index (χ1n) is 11.7. The van der Waals surface area contributed by atoms with Crippen LogP contribution >= 0.6 is 0 Å². The number of anilines is 1. The lowest BCUT2D eigenvalue weighted by atomic mass is 10.0. The molecular formula is C27H31NO5. The number of carbonyl (C=O) groups excluding carboxylic acids is 2. The van der Waals surface area contributed by atoms with Crippen LogP contribution in [0.25, 0.3) is 11.0 Å². The molecule has 0 aliphatic heterocycles. The lowest BCUT2D eigenvalue weighted by Crippen LogP contribution is -2.14. The van der Waals surface area contributed by atoms with Gasteiger partial charge >= 0.3 is 5.97 Å². The number of hydrogen-bond acceptors (Lipinski definition) is 5. The van der Waals surface area contributed by atoms with E-state index in [1.165, 1.54) is 18.4 Å². The molecule has 0 bridgehead atoms. The summed E-state index contributed by atoms with van der Waals surface area (Å²) in [5.74, 6) is -1.19. The molecule has 1 aromatic heterocycles. The van der Waals surface area contributed by atoms with Gasteiger partial charge in [-0.25, -0.2) is 4.79 Å². The van der Waals surface area contributed by atoms with Gasteiger partial charge in [0, 0.05) is 11.6 Å². The Balaban J connectivity index is 1.78. The molecule has 0 saturated heterocycles. The van der Waals surface area contributed by atoms with E-state index in [-0.39, 0.29) is 34.7 Å². The number of esters is 1. The Morgan fingerprint density at radius 2 is 1.67 bits per heavy atom. The van der Waals surface area contributed by atoms with Crippen molar-refractivity contribution in [2.24, 2.45) is 0 Å². The molecule has 3 aromatic rings. The molecule has 0 radical (unpaired) electrons. The van der Waals surface area contributed by atoms with E-state index >= 15 is 0 Å². The molecule has 0 atom stereocenters. The molecule has 33 heavy (non-hydrogen) atoms. The molecule has 3 rings (SSSR count). The first kappa shape index (κ1) is 24.2. The van der Waals surface area contributed by atoms with Crippen molar-refractivity contribution in [2.45, 2.75) is 58.8 Å². The van der Waals surface area contributed by atoms with Gasteiger partial charge in [0.05, 0.1) is 17.7 Å². The molecule has 0 aliphatic rings. The van der Waals surface area contributed by atoms with E-state index in [2.05, 4.69) is 19.2 Å². The number of para-hydroxylation sites is 1. The maximum Gasteiger partial charge on any atom is 0.374 e. The number of amides is 1. The minimum atomic E-state index is -0.690. The van der Waals surface area contributed by atoms with Crippen molar-refractivity contribution in [3.05, 3.63) is 75.6 Å². The van der Waals surface area contributed by atoms with Crippen molar-refractivity contribution in [3.8, 4) is 0 Å². The summed E-state index contributed by atoms with van der Waals surface area (Å²) in [4.78, 5) is 37.7. The van der Waals surface area contributed by atoms with Crippen LogP contribution in [0.1, 0.15) is 78.8 Å². The summed E-state index contributed by atoms with van der Waals surface area (Å²) in [6, 6.07) is 13.5. The monoisotopic (exact) mass is 449 g/mol. The van der Waals surface area contributed by atoms with Gasteiger partial charge in [-0.05, 0) is 49.1 Å². The summed E-state index contributed by atoms with van der Waals surface area (Å²) in [6.07, 6.45) is 7.17. The largest absolute Gasteiger partial charge is 0.460 e. The average Bonchev–Trinajstić information content (AvgIpc) is 2.82. The molecule has 2 aromatic carbocycles. The van der Waals surface area contributed by atoms with Gasteiger partial charge in [-0.15, -0.1) is 0 Å². The minimum absolute atomic E-state index is 0.148. The zero-order valence-corrected chi connectivity index (χ0v) is 19.3. The Morgan fingerprint density at radius 1 is 0.939 bits per heavy atom. The van der Waals surface area contributed by atoms with Crippen LogP contribution in [0.3, 0.4) is 0 Å². The van der Waals surface area contributed by atoms with Crippen molar-refractivity contribution in [3.63, 3.8) is 0 Å². The second kappa shape index (κ2) is 12.0. The number of rotatable bonds is 11. The molecule has 174 valence electrons. The summed E-state index contributed by atoms with van der Waals surface area (Å²) < 4.78 is 10.9. The maximum atomic E-state index is 12.8. The fourth-order valence-electron chi connectivity index (χ4n) is 3.56. The van der Waals surface area contributed by atoms with Crippen molar-refractivity contribution < 1.29 is 18.7 Å². The number of nitrogens with one attached hydrogen (secondary N) is 1. The summed E-state index contributed by atoms with van der Waals surface area (Å²) in [5, 5.41) is 3.08. The molecular weight excluding hydrogens is 418 g/mol. The highest BCUT2D eigenvalue weighted by atomic mass is 16.5. The molecule has 6 heteroatoms. The van der Waals surface area contributed by atoms with Gasteiger partial charge in [-0.3, -0.25) is 9.59 Å². The highest BCUT2D eigenvalue weighted by Gasteiger charge is 2.17. The van der Waals surface area contributed by atoms with Crippen LogP contribution in [-0.4, -0.2) is 18.5 Å². The Hall–Kier alpha value is -3.41. The number of fused-ring (bicyclic) bond motifs is 1. The highest BCUT2D eigenvalue weighted by Crippen LogP contribution is 2.23. The van der Waals surface area contributed by atoms with E-state index in [9.17, 15) is 14.4 Å². The van der Waals surface area contributed by atoms with Crippen LogP contribution in [0.5, 0.6) is 0 Å². The number of ether oxygens (including phenoxy) is 1. The van der Waals surface area contributed by atoms with E-state index in [0.717, 1.165) is 38.2 Å².